The number of rotatable bonds is 2. The van der Waals surface area contributed by atoms with Crippen LogP contribution in [-0.4, -0.2) is 21.1 Å². The normalized spacial score (nSPS) is 9.45. The van der Waals surface area contributed by atoms with E-state index in [1.807, 2.05) is 5.10 Å². The van der Waals surface area contributed by atoms with E-state index in [9.17, 15) is 14.4 Å². The first kappa shape index (κ1) is 7.39. The number of hydrogen-bond donors (Lipinski definition) is 1. The molecule has 0 amide bonds. The summed E-state index contributed by atoms with van der Waals surface area (Å²) in [5.41, 5.74) is -1.60. The molecule has 1 rings (SSSR count). The van der Waals surface area contributed by atoms with Crippen molar-refractivity contribution in [3.63, 3.8) is 0 Å². The summed E-state index contributed by atoms with van der Waals surface area (Å²) in [6.45, 7) is -0.143. The Kier molecular flexibility index (Phi) is 1.95. The van der Waals surface area contributed by atoms with Crippen molar-refractivity contribution in [2.45, 2.75) is 6.54 Å². The van der Waals surface area contributed by atoms with Gasteiger partial charge in [-0.25, -0.2) is 5.10 Å². The number of hydrogen-bond acceptors (Lipinski definition) is 4. The van der Waals surface area contributed by atoms with Crippen LogP contribution in [0.4, 0.5) is 0 Å². The smallest absolute Gasteiger partial charge is 0.301 e. The van der Waals surface area contributed by atoms with E-state index < -0.39 is 11.1 Å². The highest BCUT2D eigenvalue weighted by Gasteiger charge is 1.97. The number of aldehydes is 1. The van der Waals surface area contributed by atoms with Crippen LogP contribution in [-0.2, 0) is 11.3 Å². The molecule has 1 heterocycles. The first-order chi connectivity index (χ1) is 5.25. The van der Waals surface area contributed by atoms with E-state index in [2.05, 4.69) is 5.10 Å². The maximum atomic E-state index is 10.8. The van der Waals surface area contributed by atoms with Gasteiger partial charge in [-0.2, -0.15) is 5.10 Å². The van der Waals surface area contributed by atoms with Gasteiger partial charge in [-0.1, -0.05) is 0 Å². The number of carbonyl (C=O) groups excluding carboxylic acids is 1. The van der Waals surface area contributed by atoms with Gasteiger partial charge in [0.15, 0.2) is 0 Å². The van der Waals surface area contributed by atoms with Gasteiger partial charge in [0.25, 0.3) is 0 Å². The summed E-state index contributed by atoms with van der Waals surface area (Å²) in [4.78, 5) is 31.3. The van der Waals surface area contributed by atoms with Crippen LogP contribution in [0.25, 0.3) is 0 Å². The average molecular weight is 155 g/mol. The number of H-pyrrole nitrogens is 1. The van der Waals surface area contributed by atoms with E-state index in [-0.39, 0.29) is 6.54 Å². The second-order valence-electron chi connectivity index (χ2n) is 1.81. The molecule has 0 aliphatic carbocycles. The SMILES string of the molecule is O=CCn1cn[nH]c(=O)c1=O. The van der Waals surface area contributed by atoms with Gasteiger partial charge in [-0.3, -0.25) is 14.2 Å². The molecule has 0 aliphatic heterocycles. The van der Waals surface area contributed by atoms with Gasteiger partial charge < -0.3 is 4.79 Å². The van der Waals surface area contributed by atoms with Crippen molar-refractivity contribution in [2.75, 3.05) is 0 Å². The number of nitrogens with one attached hydrogen (secondary N) is 1. The average Bonchev–Trinajstić information content (AvgIpc) is 1.99. The molecule has 1 aromatic rings. The van der Waals surface area contributed by atoms with E-state index in [0.29, 0.717) is 6.29 Å². The molecule has 0 aromatic carbocycles. The standard InChI is InChI=1S/C5H5N3O3/c9-2-1-8-3-6-7-4(10)5(8)11/h2-3H,1H2,(H,7,10). The zero-order valence-corrected chi connectivity index (χ0v) is 5.48. The van der Waals surface area contributed by atoms with Gasteiger partial charge in [-0.05, 0) is 0 Å². The van der Waals surface area contributed by atoms with Gasteiger partial charge in [0.1, 0.15) is 12.6 Å². The van der Waals surface area contributed by atoms with Crippen molar-refractivity contribution < 1.29 is 4.79 Å². The Morgan fingerprint density at radius 3 is 3.00 bits per heavy atom. The third-order valence-corrected chi connectivity index (χ3v) is 1.09. The fourth-order valence-electron chi connectivity index (χ4n) is 0.598. The van der Waals surface area contributed by atoms with Crippen LogP contribution in [0.1, 0.15) is 0 Å². The van der Waals surface area contributed by atoms with E-state index >= 15 is 0 Å². The summed E-state index contributed by atoms with van der Waals surface area (Å²) >= 11 is 0. The van der Waals surface area contributed by atoms with Crippen molar-refractivity contribution >= 4 is 6.29 Å². The molecule has 0 fully saturated rings. The van der Waals surface area contributed by atoms with Crippen molar-refractivity contribution in [1.82, 2.24) is 14.8 Å². The van der Waals surface area contributed by atoms with Crippen molar-refractivity contribution in [2.24, 2.45) is 0 Å². The number of aromatic nitrogens is 3. The Labute approximate surface area is 60.5 Å². The van der Waals surface area contributed by atoms with Gasteiger partial charge in [0, 0.05) is 0 Å². The first-order valence-electron chi connectivity index (χ1n) is 2.83. The maximum Gasteiger partial charge on any atom is 0.330 e. The van der Waals surface area contributed by atoms with Crippen molar-refractivity contribution in [1.29, 1.82) is 0 Å². The molecule has 0 bridgehead atoms. The van der Waals surface area contributed by atoms with Crippen molar-refractivity contribution in [3.05, 3.63) is 27.0 Å². The van der Waals surface area contributed by atoms with Gasteiger partial charge in [0.2, 0.25) is 0 Å². The van der Waals surface area contributed by atoms with E-state index in [1.165, 1.54) is 0 Å². The topological polar surface area (TPSA) is 84.8 Å². The molecule has 1 aromatic heterocycles. The van der Waals surface area contributed by atoms with Crippen LogP contribution in [0.5, 0.6) is 0 Å². The minimum Gasteiger partial charge on any atom is -0.301 e. The molecule has 0 radical (unpaired) electrons. The molecule has 58 valence electrons. The van der Waals surface area contributed by atoms with Gasteiger partial charge >= 0.3 is 11.1 Å². The summed E-state index contributed by atoms with van der Waals surface area (Å²) in [5.74, 6) is 0. The third-order valence-electron chi connectivity index (χ3n) is 1.09. The van der Waals surface area contributed by atoms with E-state index in [4.69, 9.17) is 0 Å². The lowest BCUT2D eigenvalue weighted by atomic mass is 10.6. The van der Waals surface area contributed by atoms with Crippen molar-refractivity contribution in [3.8, 4) is 0 Å². The molecule has 11 heavy (non-hydrogen) atoms. The second kappa shape index (κ2) is 2.91. The number of aromatic amines is 1. The highest BCUT2D eigenvalue weighted by molar-refractivity contribution is 5.48. The van der Waals surface area contributed by atoms with Crippen LogP contribution < -0.4 is 11.1 Å². The van der Waals surface area contributed by atoms with E-state index in [1.54, 1.807) is 0 Å². The molecule has 1 N–H and O–H groups in total. The maximum absolute atomic E-state index is 10.8. The Bertz CT molecular complexity index is 364. The highest BCUT2D eigenvalue weighted by atomic mass is 16.2. The van der Waals surface area contributed by atoms with Crippen LogP contribution in [0.2, 0.25) is 0 Å². The highest BCUT2D eigenvalue weighted by Crippen LogP contribution is 1.66. The summed E-state index contributed by atoms with van der Waals surface area (Å²) in [6.07, 6.45) is 1.61. The Morgan fingerprint density at radius 2 is 2.36 bits per heavy atom. The summed E-state index contributed by atoms with van der Waals surface area (Å²) < 4.78 is 0.922. The van der Waals surface area contributed by atoms with E-state index in [0.717, 1.165) is 10.9 Å². The van der Waals surface area contributed by atoms with Crippen LogP contribution in [0.3, 0.4) is 0 Å². The lowest BCUT2D eigenvalue weighted by molar-refractivity contribution is -0.108. The molecule has 0 saturated carbocycles. The Hall–Kier alpha value is -1.72. The molecule has 0 unspecified atom stereocenters. The summed E-state index contributed by atoms with van der Waals surface area (Å²) in [6, 6.07) is 0. The lowest BCUT2D eigenvalue weighted by Crippen LogP contribution is -2.36. The molecular formula is C5H5N3O3. The Balaban J connectivity index is 3.28. The largest absolute Gasteiger partial charge is 0.330 e. The predicted octanol–water partition coefficient (Wildman–Crippen LogP) is -1.87. The monoisotopic (exact) mass is 155 g/mol. The number of nitrogens with zero attached hydrogens (tertiary/aromatic N) is 2. The molecule has 0 saturated heterocycles. The lowest BCUT2D eigenvalue weighted by Gasteiger charge is -1.93. The van der Waals surface area contributed by atoms with Crippen LogP contribution >= 0.6 is 0 Å². The molecule has 0 atom stereocenters. The molecule has 6 heteroatoms. The third kappa shape index (κ3) is 1.40. The molecule has 0 aliphatic rings. The predicted molar refractivity (Wildman–Crippen MR) is 35.2 cm³/mol. The molecule has 0 spiro atoms. The Morgan fingerprint density at radius 1 is 1.64 bits per heavy atom. The zero-order chi connectivity index (χ0) is 8.27. The fraction of sp³-hybridized carbons (Fsp3) is 0.200. The van der Waals surface area contributed by atoms with Crippen LogP contribution in [0, 0.1) is 0 Å². The minimum atomic E-state index is -0.825. The minimum absolute atomic E-state index is 0.143. The quantitative estimate of drug-likeness (QED) is 0.400. The second-order valence-corrected chi connectivity index (χ2v) is 1.81. The first-order valence-corrected chi connectivity index (χ1v) is 2.83. The fourth-order valence-corrected chi connectivity index (χ4v) is 0.598. The summed E-state index contributed by atoms with van der Waals surface area (Å²) in [7, 11) is 0. The molecule has 6 nitrogen and oxygen atoms in total. The van der Waals surface area contributed by atoms with Gasteiger partial charge in [-0.15, -0.1) is 0 Å². The van der Waals surface area contributed by atoms with Gasteiger partial charge in [0.05, 0.1) is 6.54 Å². The number of carbonyl (C=O) groups is 1. The summed E-state index contributed by atoms with van der Waals surface area (Å²) in [5, 5.41) is 5.27. The van der Waals surface area contributed by atoms with Crippen LogP contribution in [0.15, 0.2) is 15.9 Å². The molecular weight excluding hydrogens is 150 g/mol. The zero-order valence-electron chi connectivity index (χ0n) is 5.48.